The van der Waals surface area contributed by atoms with Gasteiger partial charge in [0, 0.05) is 50.9 Å². The number of nitrogens with zero attached hydrogens (tertiary/aromatic N) is 5. The van der Waals surface area contributed by atoms with E-state index in [1.807, 2.05) is 6.20 Å². The van der Waals surface area contributed by atoms with Gasteiger partial charge >= 0.3 is 0 Å². The highest BCUT2D eigenvalue weighted by molar-refractivity contribution is 5.92. The standard InChI is InChI=1S/C29H29FN8O2/c1-3-26(39)38-12-8-18(9-13-38)21-16-34-28-27(21)29(36-17-35-28)37-24-5-4-19(14-22(24)30)40-20-6-11-33-25(15-20)23(31)7-10-32-2/h3-7,10-11,14-18H,1,8-9,12-13,31H2,2H3,(H2,34,35,36,37)/b23-7-,32-10?. The molecule has 5 rings (SSSR count). The molecule has 40 heavy (non-hydrogen) atoms. The van der Waals surface area contributed by atoms with Gasteiger partial charge in [-0.2, -0.15) is 0 Å². The summed E-state index contributed by atoms with van der Waals surface area (Å²) in [4.78, 5) is 33.9. The van der Waals surface area contributed by atoms with Crippen molar-refractivity contribution >= 4 is 40.4 Å². The van der Waals surface area contributed by atoms with Crippen LogP contribution in [0.1, 0.15) is 30.0 Å². The minimum atomic E-state index is -0.509. The average molecular weight is 541 g/mol. The predicted molar refractivity (Wildman–Crippen MR) is 153 cm³/mol. The number of aliphatic imine (C=N–C) groups is 1. The number of amides is 1. The fraction of sp³-hybridized carbons (Fsp3) is 0.207. The Hall–Kier alpha value is -5.06. The van der Waals surface area contributed by atoms with Gasteiger partial charge in [-0.3, -0.25) is 14.8 Å². The molecule has 0 aliphatic carbocycles. The number of nitrogens with one attached hydrogen (secondary N) is 2. The van der Waals surface area contributed by atoms with Crippen LogP contribution in [0.25, 0.3) is 16.7 Å². The Labute approximate surface area is 230 Å². The second-order valence-corrected chi connectivity index (χ2v) is 9.27. The maximum absolute atomic E-state index is 15.2. The van der Waals surface area contributed by atoms with Crippen LogP contribution in [-0.2, 0) is 4.79 Å². The molecule has 11 heteroatoms. The summed E-state index contributed by atoms with van der Waals surface area (Å²) in [6.45, 7) is 4.86. The van der Waals surface area contributed by atoms with Gasteiger partial charge in [-0.25, -0.2) is 14.4 Å². The lowest BCUT2D eigenvalue weighted by molar-refractivity contribution is -0.127. The van der Waals surface area contributed by atoms with Gasteiger partial charge in [-0.05, 0) is 54.7 Å². The van der Waals surface area contributed by atoms with Gasteiger partial charge in [0.15, 0.2) is 0 Å². The molecule has 10 nitrogen and oxygen atoms in total. The summed E-state index contributed by atoms with van der Waals surface area (Å²) in [6.07, 6.45) is 11.1. The van der Waals surface area contributed by atoms with Crippen LogP contribution in [0.2, 0.25) is 0 Å². The third-order valence-corrected chi connectivity index (χ3v) is 6.78. The fourth-order valence-corrected chi connectivity index (χ4v) is 4.74. The fourth-order valence-electron chi connectivity index (χ4n) is 4.74. The molecule has 3 aromatic heterocycles. The number of H-pyrrole nitrogens is 1. The van der Waals surface area contributed by atoms with Crippen molar-refractivity contribution in [3.8, 4) is 11.5 Å². The number of rotatable bonds is 8. The van der Waals surface area contributed by atoms with Crippen molar-refractivity contribution < 1.29 is 13.9 Å². The maximum atomic E-state index is 15.2. The third-order valence-electron chi connectivity index (χ3n) is 6.78. The first-order chi connectivity index (χ1) is 19.5. The smallest absolute Gasteiger partial charge is 0.245 e. The van der Waals surface area contributed by atoms with E-state index in [1.54, 1.807) is 54.7 Å². The molecule has 0 saturated carbocycles. The Morgan fingerprint density at radius 2 is 2.02 bits per heavy atom. The molecule has 1 aliphatic rings. The van der Waals surface area contributed by atoms with Crippen molar-refractivity contribution in [2.24, 2.45) is 10.7 Å². The first-order valence-corrected chi connectivity index (χ1v) is 12.8. The van der Waals surface area contributed by atoms with Gasteiger partial charge in [0.1, 0.15) is 35.1 Å². The molecule has 204 valence electrons. The molecule has 1 fully saturated rings. The number of aromatic amines is 1. The van der Waals surface area contributed by atoms with Crippen molar-refractivity contribution in [1.29, 1.82) is 0 Å². The number of likely N-dealkylation sites (tertiary alicyclic amines) is 1. The molecular weight excluding hydrogens is 511 g/mol. The summed E-state index contributed by atoms with van der Waals surface area (Å²) in [5.74, 6) is 0.913. The number of halogens is 1. The van der Waals surface area contributed by atoms with Crippen molar-refractivity contribution in [1.82, 2.24) is 24.8 Å². The van der Waals surface area contributed by atoms with Crippen molar-refractivity contribution in [3.63, 3.8) is 0 Å². The van der Waals surface area contributed by atoms with Crippen LogP contribution in [0.3, 0.4) is 0 Å². The normalized spacial score (nSPS) is 14.6. The van der Waals surface area contributed by atoms with Gasteiger partial charge in [0.05, 0.1) is 22.5 Å². The highest BCUT2D eigenvalue weighted by Crippen LogP contribution is 2.37. The Morgan fingerprint density at radius 1 is 1.23 bits per heavy atom. The Morgan fingerprint density at radius 3 is 2.77 bits per heavy atom. The van der Waals surface area contributed by atoms with E-state index < -0.39 is 5.82 Å². The van der Waals surface area contributed by atoms with Crippen LogP contribution >= 0.6 is 0 Å². The van der Waals surface area contributed by atoms with E-state index in [-0.39, 0.29) is 17.5 Å². The van der Waals surface area contributed by atoms with E-state index >= 15 is 4.39 Å². The number of carbonyl (C=O) groups excluding carboxylic acids is 1. The molecule has 0 spiro atoms. The molecule has 1 saturated heterocycles. The molecule has 1 aromatic carbocycles. The molecule has 1 aliphatic heterocycles. The number of ether oxygens (including phenoxy) is 1. The Balaban J connectivity index is 1.34. The van der Waals surface area contributed by atoms with E-state index in [2.05, 4.69) is 36.8 Å². The second kappa shape index (κ2) is 11.8. The monoisotopic (exact) mass is 540 g/mol. The number of nitrogens with two attached hydrogens (primary N) is 1. The molecule has 0 radical (unpaired) electrons. The van der Waals surface area contributed by atoms with E-state index in [0.717, 1.165) is 23.8 Å². The van der Waals surface area contributed by atoms with Crippen LogP contribution in [0.4, 0.5) is 15.9 Å². The van der Waals surface area contributed by atoms with Crippen LogP contribution in [0, 0.1) is 5.82 Å². The lowest BCUT2D eigenvalue weighted by Gasteiger charge is -2.31. The molecule has 0 atom stereocenters. The lowest BCUT2D eigenvalue weighted by Crippen LogP contribution is -2.36. The molecular formula is C29H29FN8O2. The first kappa shape index (κ1) is 26.5. The summed E-state index contributed by atoms with van der Waals surface area (Å²) in [5.41, 5.74) is 8.91. The number of allylic oxidation sites excluding steroid dienone is 1. The van der Waals surface area contributed by atoms with Gasteiger partial charge in [-0.1, -0.05) is 6.58 Å². The van der Waals surface area contributed by atoms with Gasteiger partial charge < -0.3 is 25.7 Å². The number of hydrogen-bond donors (Lipinski definition) is 3. The maximum Gasteiger partial charge on any atom is 0.245 e. The van der Waals surface area contributed by atoms with E-state index in [4.69, 9.17) is 10.5 Å². The Kier molecular flexibility index (Phi) is 7.81. The summed E-state index contributed by atoms with van der Waals surface area (Å²) >= 11 is 0. The van der Waals surface area contributed by atoms with Crippen LogP contribution in [0.5, 0.6) is 11.5 Å². The molecule has 1 amide bonds. The van der Waals surface area contributed by atoms with E-state index in [9.17, 15) is 4.79 Å². The molecule has 4 aromatic rings. The molecule has 0 unspecified atom stereocenters. The average Bonchev–Trinajstić information content (AvgIpc) is 3.42. The minimum Gasteiger partial charge on any atom is -0.457 e. The topological polar surface area (TPSA) is 134 Å². The predicted octanol–water partition coefficient (Wildman–Crippen LogP) is 4.92. The molecule has 4 heterocycles. The summed E-state index contributed by atoms with van der Waals surface area (Å²) in [5, 5.41) is 3.93. The number of hydrogen-bond acceptors (Lipinski definition) is 8. The van der Waals surface area contributed by atoms with Gasteiger partial charge in [0.2, 0.25) is 5.91 Å². The number of benzene rings is 1. The van der Waals surface area contributed by atoms with Gasteiger partial charge in [-0.15, -0.1) is 0 Å². The van der Waals surface area contributed by atoms with Crippen molar-refractivity contribution in [2.75, 3.05) is 25.5 Å². The van der Waals surface area contributed by atoms with Crippen LogP contribution in [0.15, 0.2) is 72.8 Å². The number of anilines is 2. The SMILES string of the molecule is C=CC(=O)N1CCC(c2c[nH]c3ncnc(Nc4ccc(Oc5ccnc(/C(N)=C/C=NC)c5)cc4F)c23)CC1. The molecule has 4 N–H and O–H groups in total. The second-order valence-electron chi connectivity index (χ2n) is 9.27. The minimum absolute atomic E-state index is 0.0572. The van der Waals surface area contributed by atoms with Crippen molar-refractivity contribution in [3.05, 3.63) is 84.9 Å². The lowest BCUT2D eigenvalue weighted by atomic mass is 9.89. The Bertz CT molecular complexity index is 1600. The number of piperidine rings is 1. The third kappa shape index (κ3) is 5.68. The van der Waals surface area contributed by atoms with E-state index in [1.165, 1.54) is 18.5 Å². The highest BCUT2D eigenvalue weighted by atomic mass is 19.1. The first-order valence-electron chi connectivity index (χ1n) is 12.8. The zero-order valence-electron chi connectivity index (χ0n) is 22.0. The number of carbonyl (C=O) groups is 1. The molecule has 0 bridgehead atoms. The quantitative estimate of drug-likeness (QED) is 0.213. The van der Waals surface area contributed by atoms with Gasteiger partial charge in [0.25, 0.3) is 0 Å². The number of pyridine rings is 1. The zero-order chi connectivity index (χ0) is 28.1. The summed E-state index contributed by atoms with van der Waals surface area (Å²) in [7, 11) is 1.65. The summed E-state index contributed by atoms with van der Waals surface area (Å²) < 4.78 is 21.1. The number of fused-ring (bicyclic) bond motifs is 1. The highest BCUT2D eigenvalue weighted by Gasteiger charge is 2.26. The number of aromatic nitrogens is 4. The van der Waals surface area contributed by atoms with Crippen molar-refractivity contribution in [2.45, 2.75) is 18.8 Å². The largest absolute Gasteiger partial charge is 0.457 e. The van der Waals surface area contributed by atoms with Crippen LogP contribution in [-0.4, -0.2) is 57.1 Å². The zero-order valence-corrected chi connectivity index (χ0v) is 22.0. The van der Waals surface area contributed by atoms with Crippen LogP contribution < -0.4 is 15.8 Å². The van der Waals surface area contributed by atoms with E-state index in [0.29, 0.717) is 47.4 Å². The summed E-state index contributed by atoms with van der Waals surface area (Å²) in [6, 6.07) is 7.89.